The van der Waals surface area contributed by atoms with E-state index >= 15 is 0 Å². The fourth-order valence-electron chi connectivity index (χ4n) is 4.26. The number of ether oxygens (including phenoxy) is 1. The number of benzene rings is 4. The number of carbonyl (C=O) groups is 2. The molecule has 0 fully saturated rings. The van der Waals surface area contributed by atoms with Crippen LogP contribution in [0.4, 0.5) is 9.59 Å². The minimum Gasteiger partial charge on any atom is -0.465 e. The fraction of sp³-hybridized carbons (Fsp3) is 0.100. The highest BCUT2D eigenvalue weighted by molar-refractivity contribution is 7.89. The smallest absolute Gasteiger partial charge is 0.435 e. The molecule has 1 atom stereocenters. The number of nitrogens with one attached hydrogen (secondary N) is 1. The average Bonchev–Trinajstić information content (AvgIpc) is 2.96. The van der Waals surface area contributed by atoms with E-state index in [-0.39, 0.29) is 23.8 Å². The summed E-state index contributed by atoms with van der Waals surface area (Å²) in [4.78, 5) is 27.6. The Hall–Kier alpha value is -5.00. The lowest BCUT2D eigenvalue weighted by Crippen LogP contribution is -2.28. The van der Waals surface area contributed by atoms with Gasteiger partial charge >= 0.3 is 12.2 Å². The summed E-state index contributed by atoms with van der Waals surface area (Å²) in [6.07, 6.45) is -1.78. The van der Waals surface area contributed by atoms with Crippen molar-refractivity contribution >= 4 is 28.0 Å². The molecule has 0 aromatic heterocycles. The number of aliphatic imine (C=N–C) groups is 1. The molecule has 4 rings (SSSR count). The van der Waals surface area contributed by atoms with Crippen LogP contribution in [0.5, 0.6) is 0 Å². The van der Waals surface area contributed by atoms with E-state index in [4.69, 9.17) is 15.6 Å². The van der Waals surface area contributed by atoms with Gasteiger partial charge in [-0.2, -0.15) is 4.99 Å². The number of nitrogens with zero attached hydrogens (tertiary/aromatic N) is 1. The molecule has 11 heteroatoms. The van der Waals surface area contributed by atoms with E-state index in [0.29, 0.717) is 22.3 Å². The van der Waals surface area contributed by atoms with Crippen molar-refractivity contribution in [2.24, 2.45) is 15.9 Å². The number of nitrogens with two attached hydrogens (primary N) is 2. The highest BCUT2D eigenvalue weighted by atomic mass is 32.2. The molecule has 0 spiro atoms. The summed E-state index contributed by atoms with van der Waals surface area (Å²) in [5.74, 6) is -0.0365. The van der Waals surface area contributed by atoms with Gasteiger partial charge in [0.15, 0.2) is 0 Å². The normalized spacial score (nSPS) is 12.4. The lowest BCUT2D eigenvalue weighted by Gasteiger charge is -2.19. The van der Waals surface area contributed by atoms with Crippen molar-refractivity contribution in [3.63, 3.8) is 0 Å². The molecule has 0 bridgehead atoms. The van der Waals surface area contributed by atoms with E-state index in [1.807, 2.05) is 30.3 Å². The lowest BCUT2D eigenvalue weighted by atomic mass is 9.95. The Kier molecular flexibility index (Phi) is 9.12. The van der Waals surface area contributed by atoms with Crippen molar-refractivity contribution < 1.29 is 27.9 Å². The monoisotopic (exact) mass is 572 g/mol. The zero-order valence-electron chi connectivity index (χ0n) is 21.8. The third-order valence-corrected chi connectivity index (χ3v) is 7.16. The summed E-state index contributed by atoms with van der Waals surface area (Å²) in [7, 11) is -3.94. The number of amides is 2. The van der Waals surface area contributed by atoms with Crippen LogP contribution in [0, 0.1) is 0 Å². The van der Waals surface area contributed by atoms with Gasteiger partial charge in [-0.15, -0.1) is 0 Å². The zero-order valence-corrected chi connectivity index (χ0v) is 22.6. The summed E-state index contributed by atoms with van der Waals surface area (Å²) >= 11 is 0. The van der Waals surface area contributed by atoms with E-state index < -0.39 is 28.3 Å². The van der Waals surface area contributed by atoms with Gasteiger partial charge in [0.05, 0.1) is 10.9 Å². The van der Waals surface area contributed by atoms with Crippen LogP contribution in [0.25, 0.3) is 11.1 Å². The van der Waals surface area contributed by atoms with Crippen LogP contribution in [-0.4, -0.2) is 31.5 Å². The first-order chi connectivity index (χ1) is 19.6. The minimum absolute atomic E-state index is 0.00650. The number of hydrogen-bond donors (Lipinski definition) is 4. The summed E-state index contributed by atoms with van der Waals surface area (Å²) in [5.41, 5.74) is 9.79. The molecule has 10 nitrogen and oxygen atoms in total. The maximum atomic E-state index is 12.2. The first-order valence-corrected chi connectivity index (χ1v) is 14.0. The second-order valence-electron chi connectivity index (χ2n) is 9.11. The first kappa shape index (κ1) is 29.0. The zero-order chi connectivity index (χ0) is 29.4. The third-order valence-electron chi connectivity index (χ3n) is 6.19. The number of carbonyl (C=O) groups excluding carboxylic acids is 1. The highest BCUT2D eigenvalue weighted by Crippen LogP contribution is 2.28. The molecule has 2 amide bonds. The van der Waals surface area contributed by atoms with Crippen LogP contribution in [0.3, 0.4) is 0 Å². The molecule has 0 aliphatic rings. The summed E-state index contributed by atoms with van der Waals surface area (Å²) in [5, 5.41) is 17.4. The number of rotatable bonds is 9. The SMILES string of the molecule is NC(=NC(=O)OCc1ccccc1)c1cccc(CC(NC(=O)O)c2ccc(-c3ccccc3S(N)(=O)=O)cc2)c1. The van der Waals surface area contributed by atoms with Gasteiger partial charge in [-0.3, -0.25) is 0 Å². The Morgan fingerprint density at radius 2 is 1.54 bits per heavy atom. The summed E-state index contributed by atoms with van der Waals surface area (Å²) in [6.45, 7) is 0.0610. The maximum absolute atomic E-state index is 12.2. The van der Waals surface area contributed by atoms with Crippen LogP contribution >= 0.6 is 0 Å². The average molecular weight is 573 g/mol. The maximum Gasteiger partial charge on any atom is 0.435 e. The van der Waals surface area contributed by atoms with Gasteiger partial charge in [-0.25, -0.2) is 23.1 Å². The molecule has 0 saturated carbocycles. The van der Waals surface area contributed by atoms with Gasteiger partial charge in [0.2, 0.25) is 10.0 Å². The molecule has 0 saturated heterocycles. The molecule has 4 aromatic carbocycles. The molecule has 0 aliphatic heterocycles. The van der Waals surface area contributed by atoms with Crippen molar-refractivity contribution in [1.29, 1.82) is 0 Å². The molecule has 0 aliphatic carbocycles. The van der Waals surface area contributed by atoms with E-state index in [9.17, 15) is 23.1 Å². The topological polar surface area (TPSA) is 174 Å². The number of sulfonamides is 1. The summed E-state index contributed by atoms with van der Waals surface area (Å²) in [6, 6.07) is 28.7. The van der Waals surface area contributed by atoms with Gasteiger partial charge in [-0.1, -0.05) is 91.0 Å². The largest absolute Gasteiger partial charge is 0.465 e. The predicted octanol–water partition coefficient (Wildman–Crippen LogP) is 4.59. The number of primary sulfonamides is 1. The van der Waals surface area contributed by atoms with Gasteiger partial charge in [0.1, 0.15) is 12.4 Å². The van der Waals surface area contributed by atoms with Crippen LogP contribution in [0.2, 0.25) is 0 Å². The van der Waals surface area contributed by atoms with Gasteiger partial charge in [0, 0.05) is 11.1 Å². The lowest BCUT2D eigenvalue weighted by molar-refractivity contribution is 0.151. The Morgan fingerprint density at radius 3 is 2.22 bits per heavy atom. The van der Waals surface area contributed by atoms with Crippen molar-refractivity contribution in [2.75, 3.05) is 0 Å². The molecule has 6 N–H and O–H groups in total. The molecule has 1 unspecified atom stereocenters. The third kappa shape index (κ3) is 8.01. The van der Waals surface area contributed by atoms with Crippen molar-refractivity contribution in [3.8, 4) is 11.1 Å². The van der Waals surface area contributed by atoms with Crippen molar-refractivity contribution in [1.82, 2.24) is 5.32 Å². The van der Waals surface area contributed by atoms with E-state index in [1.165, 1.54) is 6.07 Å². The van der Waals surface area contributed by atoms with Crippen molar-refractivity contribution in [3.05, 3.63) is 125 Å². The standard InChI is InChI=1S/C30H28N4O6S/c31-28(34-30(37)40-19-20-7-2-1-3-8-20)24-10-6-9-21(17-24)18-26(33-29(35)36)23-15-13-22(14-16-23)25-11-4-5-12-27(25)41(32,38)39/h1-17,26,33H,18-19H2,(H,35,36)(H2,31,34,37)(H2,32,38,39). The molecule has 41 heavy (non-hydrogen) atoms. The van der Waals surface area contributed by atoms with Crippen molar-refractivity contribution in [2.45, 2.75) is 24.0 Å². The second kappa shape index (κ2) is 12.9. The summed E-state index contributed by atoms with van der Waals surface area (Å²) < 4.78 is 29.2. The Morgan fingerprint density at radius 1 is 0.878 bits per heavy atom. The van der Waals surface area contributed by atoms with Crippen LogP contribution in [0.15, 0.2) is 113 Å². The molecule has 0 heterocycles. The minimum atomic E-state index is -3.94. The fourth-order valence-corrected chi connectivity index (χ4v) is 5.02. The van der Waals surface area contributed by atoms with Crippen LogP contribution < -0.4 is 16.2 Å². The number of carboxylic acid groups (broad SMARTS) is 1. The Bertz CT molecular complexity index is 1670. The number of amidine groups is 1. The van der Waals surface area contributed by atoms with E-state index in [0.717, 1.165) is 11.1 Å². The molecular weight excluding hydrogens is 544 g/mol. The molecule has 210 valence electrons. The molecular formula is C30H28N4O6S. The van der Waals surface area contributed by atoms with Crippen LogP contribution in [-0.2, 0) is 27.8 Å². The first-order valence-electron chi connectivity index (χ1n) is 12.5. The van der Waals surface area contributed by atoms with E-state index in [1.54, 1.807) is 66.7 Å². The van der Waals surface area contributed by atoms with Gasteiger partial charge in [0.25, 0.3) is 0 Å². The highest BCUT2D eigenvalue weighted by Gasteiger charge is 2.18. The van der Waals surface area contributed by atoms with Gasteiger partial charge in [-0.05, 0) is 40.8 Å². The van der Waals surface area contributed by atoms with Crippen LogP contribution in [0.1, 0.15) is 28.3 Å². The predicted molar refractivity (Wildman–Crippen MR) is 155 cm³/mol. The second-order valence-corrected chi connectivity index (χ2v) is 10.6. The molecule has 4 aromatic rings. The molecule has 0 radical (unpaired) electrons. The van der Waals surface area contributed by atoms with Gasteiger partial charge < -0.3 is 20.9 Å². The number of hydrogen-bond acceptors (Lipinski definition) is 5. The van der Waals surface area contributed by atoms with E-state index in [2.05, 4.69) is 10.3 Å². The quantitative estimate of drug-likeness (QED) is 0.167. The Balaban J connectivity index is 1.51. The Labute approximate surface area is 237 Å².